The molecule has 0 aliphatic heterocycles. The van der Waals surface area contributed by atoms with Crippen molar-refractivity contribution in [3.05, 3.63) is 30.0 Å². The van der Waals surface area contributed by atoms with E-state index in [4.69, 9.17) is 5.84 Å². The molecule has 0 atom stereocenters. The van der Waals surface area contributed by atoms with Crippen LogP contribution in [-0.4, -0.2) is 16.7 Å². The largest absolute Gasteiger partial charge is 0.346 e. The molecule has 0 saturated carbocycles. The first-order chi connectivity index (χ1) is 8.19. The average Bonchev–Trinajstić information content (AvgIpc) is 2.63. The molecule has 1 aromatic carbocycles. The number of nitrogens with zero attached hydrogens (tertiary/aromatic N) is 1. The second-order valence-electron chi connectivity index (χ2n) is 3.80. The summed E-state index contributed by atoms with van der Waals surface area (Å²) in [5.74, 6) is 4.97. The highest BCUT2D eigenvalue weighted by Crippen LogP contribution is 2.32. The van der Waals surface area contributed by atoms with E-state index in [1.807, 2.05) is 25.4 Å². The number of amides is 1. The Morgan fingerprint density at radius 1 is 1.47 bits per heavy atom. The highest BCUT2D eigenvalue weighted by atomic mass is 32.2. The molecule has 0 spiro atoms. The van der Waals surface area contributed by atoms with Crippen LogP contribution in [0.5, 0.6) is 0 Å². The number of rotatable bonds is 3. The van der Waals surface area contributed by atoms with Crippen molar-refractivity contribution in [2.75, 3.05) is 6.26 Å². The van der Waals surface area contributed by atoms with E-state index in [9.17, 15) is 4.79 Å². The second kappa shape index (κ2) is 4.81. The van der Waals surface area contributed by atoms with Crippen molar-refractivity contribution in [1.29, 1.82) is 0 Å². The molecular formula is C12H15N3OS. The van der Waals surface area contributed by atoms with E-state index in [0.717, 1.165) is 16.1 Å². The Bertz CT molecular complexity index is 562. The van der Waals surface area contributed by atoms with E-state index in [-0.39, 0.29) is 5.91 Å². The minimum atomic E-state index is -0.175. The lowest BCUT2D eigenvalue weighted by molar-refractivity contribution is -0.120. The molecule has 2 rings (SSSR count). The quantitative estimate of drug-likeness (QED) is 0.374. The van der Waals surface area contributed by atoms with Crippen LogP contribution in [0.25, 0.3) is 10.9 Å². The number of hydrogen-bond donors (Lipinski definition) is 2. The van der Waals surface area contributed by atoms with Gasteiger partial charge in [0, 0.05) is 28.5 Å². The zero-order valence-electron chi connectivity index (χ0n) is 9.86. The smallest absolute Gasteiger partial charge is 0.239 e. The molecule has 0 aliphatic carbocycles. The van der Waals surface area contributed by atoms with Crippen LogP contribution in [0, 0.1) is 0 Å². The van der Waals surface area contributed by atoms with Gasteiger partial charge in [-0.2, -0.15) is 0 Å². The standard InChI is InChI=1S/C12H15N3OS/c1-15-9-6-4-3-5-8(9)12(17-2)10(15)7-11(16)14-13/h3-6H,7,13H2,1-2H3,(H,14,16). The lowest BCUT2D eigenvalue weighted by atomic mass is 10.2. The number of aromatic nitrogens is 1. The van der Waals surface area contributed by atoms with Gasteiger partial charge in [0.05, 0.1) is 6.42 Å². The van der Waals surface area contributed by atoms with Gasteiger partial charge < -0.3 is 4.57 Å². The third-order valence-electron chi connectivity index (χ3n) is 2.87. The van der Waals surface area contributed by atoms with Crippen molar-refractivity contribution in [2.45, 2.75) is 11.3 Å². The number of hydrazine groups is 1. The van der Waals surface area contributed by atoms with E-state index in [2.05, 4.69) is 22.1 Å². The number of nitrogens with one attached hydrogen (secondary N) is 1. The van der Waals surface area contributed by atoms with Crippen LogP contribution in [0.15, 0.2) is 29.2 Å². The van der Waals surface area contributed by atoms with E-state index in [1.165, 1.54) is 5.39 Å². The van der Waals surface area contributed by atoms with Crippen LogP contribution >= 0.6 is 11.8 Å². The second-order valence-corrected chi connectivity index (χ2v) is 4.62. The van der Waals surface area contributed by atoms with Gasteiger partial charge in [0.25, 0.3) is 0 Å². The molecule has 3 N–H and O–H groups in total. The highest BCUT2D eigenvalue weighted by molar-refractivity contribution is 7.98. The van der Waals surface area contributed by atoms with Crippen LogP contribution in [0.2, 0.25) is 0 Å². The Morgan fingerprint density at radius 2 is 2.18 bits per heavy atom. The van der Waals surface area contributed by atoms with E-state index < -0.39 is 0 Å². The predicted molar refractivity (Wildman–Crippen MR) is 70.7 cm³/mol. The molecule has 1 aromatic heterocycles. The third kappa shape index (κ3) is 2.03. The maximum atomic E-state index is 11.4. The van der Waals surface area contributed by atoms with Gasteiger partial charge in [0.1, 0.15) is 0 Å². The van der Waals surface area contributed by atoms with Gasteiger partial charge >= 0.3 is 0 Å². The zero-order chi connectivity index (χ0) is 12.4. The number of aryl methyl sites for hydroxylation is 1. The van der Waals surface area contributed by atoms with Gasteiger partial charge in [-0.25, -0.2) is 5.84 Å². The van der Waals surface area contributed by atoms with Crippen molar-refractivity contribution in [3.8, 4) is 0 Å². The van der Waals surface area contributed by atoms with E-state index >= 15 is 0 Å². The monoisotopic (exact) mass is 249 g/mol. The molecule has 90 valence electrons. The molecule has 0 unspecified atom stereocenters. The fourth-order valence-corrected chi connectivity index (χ4v) is 2.88. The van der Waals surface area contributed by atoms with Crippen molar-refractivity contribution < 1.29 is 4.79 Å². The Labute approximate surface area is 104 Å². The molecule has 4 nitrogen and oxygen atoms in total. The normalized spacial score (nSPS) is 10.8. The lowest BCUT2D eigenvalue weighted by Gasteiger charge is -2.05. The van der Waals surface area contributed by atoms with Crippen LogP contribution in [0.3, 0.4) is 0 Å². The molecule has 0 radical (unpaired) electrons. The summed E-state index contributed by atoms with van der Waals surface area (Å²) < 4.78 is 2.05. The van der Waals surface area contributed by atoms with Crippen LogP contribution in [0.4, 0.5) is 0 Å². The number of carbonyl (C=O) groups excluding carboxylic acids is 1. The summed E-state index contributed by atoms with van der Waals surface area (Å²) >= 11 is 1.66. The van der Waals surface area contributed by atoms with Gasteiger partial charge in [-0.3, -0.25) is 10.2 Å². The summed E-state index contributed by atoms with van der Waals surface area (Å²) in [6, 6.07) is 8.14. The topological polar surface area (TPSA) is 60.1 Å². The van der Waals surface area contributed by atoms with Gasteiger partial charge in [0.2, 0.25) is 5.91 Å². The van der Waals surface area contributed by atoms with E-state index in [0.29, 0.717) is 6.42 Å². The van der Waals surface area contributed by atoms with Crippen LogP contribution < -0.4 is 11.3 Å². The minimum Gasteiger partial charge on any atom is -0.346 e. The molecule has 0 fully saturated rings. The third-order valence-corrected chi connectivity index (χ3v) is 3.73. The molecule has 0 bridgehead atoms. The highest BCUT2D eigenvalue weighted by Gasteiger charge is 2.16. The summed E-state index contributed by atoms with van der Waals surface area (Å²) in [6.07, 6.45) is 2.32. The number of thioether (sulfide) groups is 1. The zero-order valence-corrected chi connectivity index (χ0v) is 10.7. The summed E-state index contributed by atoms with van der Waals surface area (Å²) in [4.78, 5) is 12.6. The minimum absolute atomic E-state index is 0.175. The first-order valence-electron chi connectivity index (χ1n) is 5.28. The molecule has 17 heavy (non-hydrogen) atoms. The molecule has 2 aromatic rings. The van der Waals surface area contributed by atoms with Gasteiger partial charge in [0.15, 0.2) is 0 Å². The van der Waals surface area contributed by atoms with Crippen molar-refractivity contribution >= 4 is 28.6 Å². The summed E-state index contributed by atoms with van der Waals surface area (Å²) in [6.45, 7) is 0. The maximum absolute atomic E-state index is 11.4. The average molecular weight is 249 g/mol. The number of nitrogens with two attached hydrogens (primary N) is 1. The predicted octanol–water partition coefficient (Wildman–Crippen LogP) is 1.43. The molecular weight excluding hydrogens is 234 g/mol. The number of carbonyl (C=O) groups is 1. The summed E-state index contributed by atoms with van der Waals surface area (Å²) in [5.41, 5.74) is 4.31. The van der Waals surface area contributed by atoms with E-state index in [1.54, 1.807) is 11.8 Å². The Hall–Kier alpha value is -1.46. The van der Waals surface area contributed by atoms with Crippen molar-refractivity contribution in [2.24, 2.45) is 12.9 Å². The van der Waals surface area contributed by atoms with Crippen LogP contribution in [0.1, 0.15) is 5.69 Å². The summed E-state index contributed by atoms with van der Waals surface area (Å²) in [5, 5.41) is 1.18. The number of benzene rings is 1. The van der Waals surface area contributed by atoms with Crippen molar-refractivity contribution in [3.63, 3.8) is 0 Å². The maximum Gasteiger partial charge on any atom is 0.239 e. The Balaban J connectivity index is 2.60. The Morgan fingerprint density at radius 3 is 2.82 bits per heavy atom. The summed E-state index contributed by atoms with van der Waals surface area (Å²) in [7, 11) is 1.97. The molecule has 1 amide bonds. The molecule has 5 heteroatoms. The Kier molecular flexibility index (Phi) is 3.40. The van der Waals surface area contributed by atoms with Gasteiger partial charge in [-0.15, -0.1) is 11.8 Å². The van der Waals surface area contributed by atoms with Crippen molar-refractivity contribution in [1.82, 2.24) is 9.99 Å². The van der Waals surface area contributed by atoms with Gasteiger partial charge in [-0.1, -0.05) is 18.2 Å². The fourth-order valence-electron chi connectivity index (χ4n) is 2.04. The van der Waals surface area contributed by atoms with Crippen LogP contribution in [-0.2, 0) is 18.3 Å². The SMILES string of the molecule is CSc1c(CC(=O)NN)n(C)c2ccccc12. The lowest BCUT2D eigenvalue weighted by Crippen LogP contribution is -2.32. The molecule has 0 aliphatic rings. The van der Waals surface area contributed by atoms with Gasteiger partial charge in [-0.05, 0) is 12.3 Å². The number of fused-ring (bicyclic) bond motifs is 1. The molecule has 0 saturated heterocycles. The fraction of sp³-hybridized carbons (Fsp3) is 0.250. The first-order valence-corrected chi connectivity index (χ1v) is 6.51. The first kappa shape index (κ1) is 12.0. The number of para-hydroxylation sites is 1. The molecule has 1 heterocycles. The number of hydrogen-bond acceptors (Lipinski definition) is 3.